The molecule has 5 rings (SSSR count). The highest BCUT2D eigenvalue weighted by atomic mass is 35.5. The molecule has 0 spiro atoms. The monoisotopic (exact) mass is 482 g/mol. The predicted octanol–water partition coefficient (Wildman–Crippen LogP) is 3.82. The summed E-state index contributed by atoms with van der Waals surface area (Å²) in [5.41, 5.74) is -0.336. The van der Waals surface area contributed by atoms with E-state index in [4.69, 9.17) is 16.3 Å². The number of nitro benzene ring substituents is 1. The number of esters is 1. The lowest BCUT2D eigenvalue weighted by atomic mass is 9.81. The first-order valence-electron chi connectivity index (χ1n) is 10.9. The molecule has 34 heavy (non-hydrogen) atoms. The number of anilines is 1. The zero-order chi connectivity index (χ0) is 24.1. The van der Waals surface area contributed by atoms with Crippen molar-refractivity contribution < 1.29 is 28.8 Å². The van der Waals surface area contributed by atoms with E-state index in [1.807, 2.05) is 0 Å². The summed E-state index contributed by atoms with van der Waals surface area (Å²) in [5.74, 6) is -2.37. The number of fused-ring (bicyclic) bond motifs is 5. The lowest BCUT2D eigenvalue weighted by Gasteiger charge is -2.19. The molecule has 2 aromatic carbocycles. The van der Waals surface area contributed by atoms with Gasteiger partial charge >= 0.3 is 5.97 Å². The van der Waals surface area contributed by atoms with Crippen LogP contribution in [0.4, 0.5) is 11.4 Å². The van der Waals surface area contributed by atoms with E-state index < -0.39 is 29.0 Å². The highest BCUT2D eigenvalue weighted by Crippen LogP contribution is 2.56. The SMILES string of the molecule is O=C(COC(=O)c1ccccc1N1C(=O)[C@@H]2[C@H]3CC[C@@H](C3)[C@H]2C1=O)c1ccc(Cl)c([N+](=O)[O-])c1. The minimum absolute atomic E-state index is 0.00796. The van der Waals surface area contributed by atoms with Crippen molar-refractivity contribution in [2.24, 2.45) is 23.7 Å². The van der Waals surface area contributed by atoms with Gasteiger partial charge in [0, 0.05) is 11.6 Å². The number of hydrogen-bond acceptors (Lipinski definition) is 7. The first-order valence-corrected chi connectivity index (χ1v) is 11.3. The van der Waals surface area contributed by atoms with Crippen LogP contribution in [0.1, 0.15) is 40.0 Å². The van der Waals surface area contributed by atoms with Gasteiger partial charge in [-0.25, -0.2) is 9.69 Å². The number of para-hydroxylation sites is 1. The predicted molar refractivity (Wildman–Crippen MR) is 119 cm³/mol. The van der Waals surface area contributed by atoms with Crippen LogP contribution in [0.3, 0.4) is 0 Å². The second kappa shape index (κ2) is 8.32. The number of nitro groups is 1. The second-order valence-electron chi connectivity index (χ2n) is 8.84. The Balaban J connectivity index is 1.34. The molecule has 4 atom stereocenters. The number of benzene rings is 2. The Hall–Kier alpha value is -3.59. The first kappa shape index (κ1) is 22.2. The van der Waals surface area contributed by atoms with Crippen molar-refractivity contribution in [1.82, 2.24) is 0 Å². The Kier molecular flexibility index (Phi) is 5.44. The van der Waals surface area contributed by atoms with E-state index in [0.717, 1.165) is 30.2 Å². The first-order chi connectivity index (χ1) is 16.3. The van der Waals surface area contributed by atoms with Crippen LogP contribution in [0.15, 0.2) is 42.5 Å². The zero-order valence-electron chi connectivity index (χ0n) is 17.8. The van der Waals surface area contributed by atoms with Crippen LogP contribution in [0.2, 0.25) is 5.02 Å². The lowest BCUT2D eigenvalue weighted by molar-refractivity contribution is -0.384. The van der Waals surface area contributed by atoms with E-state index in [0.29, 0.717) is 0 Å². The summed E-state index contributed by atoms with van der Waals surface area (Å²) in [6, 6.07) is 9.67. The summed E-state index contributed by atoms with van der Waals surface area (Å²) in [7, 11) is 0. The number of halogens is 1. The van der Waals surface area contributed by atoms with Gasteiger partial charge in [0.15, 0.2) is 6.61 Å². The summed E-state index contributed by atoms with van der Waals surface area (Å²) in [5, 5.41) is 10.9. The van der Waals surface area contributed by atoms with Crippen LogP contribution in [0.25, 0.3) is 0 Å². The number of hydrogen-bond donors (Lipinski definition) is 0. The molecule has 2 aliphatic carbocycles. The van der Waals surface area contributed by atoms with E-state index in [-0.39, 0.29) is 57.3 Å². The van der Waals surface area contributed by atoms with Crippen molar-refractivity contribution in [3.05, 3.63) is 68.7 Å². The van der Waals surface area contributed by atoms with Gasteiger partial charge in [0.05, 0.1) is 28.0 Å². The molecule has 3 aliphatic rings. The van der Waals surface area contributed by atoms with E-state index >= 15 is 0 Å². The summed E-state index contributed by atoms with van der Waals surface area (Å²) in [4.78, 5) is 63.0. The Morgan fingerprint density at radius 3 is 2.35 bits per heavy atom. The van der Waals surface area contributed by atoms with E-state index in [2.05, 4.69) is 0 Å². The highest BCUT2D eigenvalue weighted by molar-refractivity contribution is 6.32. The standard InChI is InChI=1S/C24H19ClN2O7/c25-16-8-7-12(10-18(16)27(32)33)19(28)11-34-24(31)15-3-1-2-4-17(15)26-22(29)20-13-5-6-14(9-13)21(20)23(26)30/h1-4,7-8,10,13-14,20-21H,5-6,9,11H2/t13-,14-,20+,21+/m0/s1. The number of carbonyl (C=O) groups is 4. The molecule has 2 amide bonds. The van der Waals surface area contributed by atoms with Gasteiger partial charge in [-0.1, -0.05) is 23.7 Å². The van der Waals surface area contributed by atoms with Gasteiger partial charge in [0.1, 0.15) is 5.02 Å². The summed E-state index contributed by atoms with van der Waals surface area (Å²) >= 11 is 5.77. The van der Waals surface area contributed by atoms with E-state index in [1.54, 1.807) is 12.1 Å². The van der Waals surface area contributed by atoms with E-state index in [1.165, 1.54) is 24.3 Å². The molecular formula is C24H19ClN2O7. The van der Waals surface area contributed by atoms with Crippen molar-refractivity contribution in [2.45, 2.75) is 19.3 Å². The average Bonchev–Trinajstić information content (AvgIpc) is 3.51. The number of carbonyl (C=O) groups excluding carboxylic acids is 4. The maximum Gasteiger partial charge on any atom is 0.340 e. The molecule has 0 N–H and O–H groups in total. The van der Waals surface area contributed by atoms with Gasteiger partial charge in [0.2, 0.25) is 17.6 Å². The van der Waals surface area contributed by atoms with Gasteiger partial charge in [-0.2, -0.15) is 0 Å². The van der Waals surface area contributed by atoms with Crippen molar-refractivity contribution in [2.75, 3.05) is 11.5 Å². The molecular weight excluding hydrogens is 464 g/mol. The molecule has 0 radical (unpaired) electrons. The molecule has 2 saturated carbocycles. The van der Waals surface area contributed by atoms with Gasteiger partial charge in [-0.05, 0) is 55.4 Å². The maximum atomic E-state index is 13.2. The van der Waals surface area contributed by atoms with Crippen LogP contribution in [0.5, 0.6) is 0 Å². The maximum absolute atomic E-state index is 13.2. The van der Waals surface area contributed by atoms with Gasteiger partial charge < -0.3 is 4.74 Å². The average molecular weight is 483 g/mol. The van der Waals surface area contributed by atoms with Gasteiger partial charge in [-0.3, -0.25) is 24.5 Å². The fraction of sp³-hybridized carbons (Fsp3) is 0.333. The Labute approximate surface area is 198 Å². The molecule has 1 saturated heterocycles. The number of rotatable bonds is 6. The van der Waals surface area contributed by atoms with Crippen molar-refractivity contribution in [1.29, 1.82) is 0 Å². The number of ketones is 1. The molecule has 0 aromatic heterocycles. The van der Waals surface area contributed by atoms with Crippen LogP contribution in [-0.2, 0) is 14.3 Å². The molecule has 3 fully saturated rings. The molecule has 2 bridgehead atoms. The molecule has 10 heteroatoms. The van der Waals surface area contributed by atoms with E-state index in [9.17, 15) is 29.3 Å². The van der Waals surface area contributed by atoms with Gasteiger partial charge in [-0.15, -0.1) is 0 Å². The summed E-state index contributed by atoms with van der Waals surface area (Å²) in [6.45, 7) is -0.677. The Morgan fingerprint density at radius 2 is 1.71 bits per heavy atom. The van der Waals surface area contributed by atoms with Crippen LogP contribution >= 0.6 is 11.6 Å². The molecule has 1 heterocycles. The number of nitrogens with zero attached hydrogens (tertiary/aromatic N) is 2. The summed E-state index contributed by atoms with van der Waals surface area (Å²) in [6.07, 6.45) is 2.77. The molecule has 2 aromatic rings. The molecule has 0 unspecified atom stereocenters. The van der Waals surface area contributed by atoms with Crippen LogP contribution in [-0.4, -0.2) is 35.1 Å². The normalized spacial score (nSPS) is 24.9. The summed E-state index contributed by atoms with van der Waals surface area (Å²) < 4.78 is 5.15. The number of imide groups is 1. The fourth-order valence-electron chi connectivity index (χ4n) is 5.61. The molecule has 174 valence electrons. The lowest BCUT2D eigenvalue weighted by Crippen LogP contribution is -2.34. The third kappa shape index (κ3) is 3.47. The van der Waals surface area contributed by atoms with Gasteiger partial charge in [0.25, 0.3) is 5.69 Å². The Bertz CT molecular complexity index is 1230. The minimum Gasteiger partial charge on any atom is -0.454 e. The smallest absolute Gasteiger partial charge is 0.340 e. The third-order valence-corrected chi connectivity index (χ3v) is 7.41. The molecule has 1 aliphatic heterocycles. The van der Waals surface area contributed by atoms with Crippen LogP contribution in [0, 0.1) is 33.8 Å². The van der Waals surface area contributed by atoms with Crippen LogP contribution < -0.4 is 4.90 Å². The third-order valence-electron chi connectivity index (χ3n) is 7.09. The van der Waals surface area contributed by atoms with Crippen molar-refractivity contribution >= 4 is 46.5 Å². The zero-order valence-corrected chi connectivity index (χ0v) is 18.6. The number of ether oxygens (including phenoxy) is 1. The minimum atomic E-state index is -0.881. The molecule has 9 nitrogen and oxygen atoms in total. The second-order valence-corrected chi connectivity index (χ2v) is 9.24. The fourth-order valence-corrected chi connectivity index (χ4v) is 5.79. The number of amides is 2. The van der Waals surface area contributed by atoms with Crippen molar-refractivity contribution in [3.63, 3.8) is 0 Å². The van der Waals surface area contributed by atoms with Crippen molar-refractivity contribution in [3.8, 4) is 0 Å². The number of Topliss-reactive ketones (excluding diaryl/α,β-unsaturated/α-hetero) is 1. The quantitative estimate of drug-likeness (QED) is 0.201. The topological polar surface area (TPSA) is 124 Å². The Morgan fingerprint density at radius 1 is 1.06 bits per heavy atom. The highest BCUT2D eigenvalue weighted by Gasteiger charge is 2.61. The largest absolute Gasteiger partial charge is 0.454 e.